The van der Waals surface area contributed by atoms with Crippen molar-refractivity contribution < 1.29 is 9.53 Å². The first-order valence-corrected chi connectivity index (χ1v) is 4.97. The highest BCUT2D eigenvalue weighted by molar-refractivity contribution is 5.67. The van der Waals surface area contributed by atoms with E-state index in [1.807, 2.05) is 32.0 Å². The third-order valence-electron chi connectivity index (χ3n) is 2.18. The summed E-state index contributed by atoms with van der Waals surface area (Å²) in [5.74, 6) is 0. The van der Waals surface area contributed by atoms with E-state index in [0.29, 0.717) is 0 Å². The number of carbonyl (C=O) groups is 1. The fraction of sp³-hybridized carbons (Fsp3) is 0.333. The van der Waals surface area contributed by atoms with E-state index < -0.39 is 6.09 Å². The molecule has 84 valence electrons. The molecule has 0 aromatic heterocycles. The highest BCUT2D eigenvalue weighted by Gasteiger charge is 2.03. The molecule has 1 aromatic carbocycles. The molecule has 0 aliphatic carbocycles. The lowest BCUT2D eigenvalue weighted by Crippen LogP contribution is -2.24. The number of nitrogens with one attached hydrogen (secondary N) is 1. The summed E-state index contributed by atoms with van der Waals surface area (Å²) in [6.45, 7) is 4.14. The second kappa shape index (κ2) is 5.76. The summed E-state index contributed by atoms with van der Waals surface area (Å²) in [5.41, 5.74) is 3.19. The Morgan fingerprint density at radius 1 is 1.50 bits per heavy atom. The Labute approximate surface area is 94.8 Å². The van der Waals surface area contributed by atoms with Crippen LogP contribution in [0.1, 0.15) is 16.7 Å². The number of ether oxygens (including phenoxy) is 1. The van der Waals surface area contributed by atoms with Gasteiger partial charge in [0.25, 0.3) is 0 Å². The van der Waals surface area contributed by atoms with Crippen LogP contribution >= 0.6 is 0 Å². The number of rotatable bonds is 3. The van der Waals surface area contributed by atoms with E-state index >= 15 is 0 Å². The molecule has 0 aliphatic rings. The Kier molecular flexibility index (Phi) is 4.34. The number of aryl methyl sites for hydroxylation is 2. The Morgan fingerprint density at radius 2 is 2.25 bits per heavy atom. The predicted octanol–water partition coefficient (Wildman–Crippen LogP) is 2.05. The lowest BCUT2D eigenvalue weighted by atomic mass is 10.1. The molecule has 16 heavy (non-hydrogen) atoms. The number of alkyl carbamates (subject to hydrolysis) is 1. The normalized spacial score (nSPS) is 9.31. The summed E-state index contributed by atoms with van der Waals surface area (Å²) in [5, 5.41) is 10.6. The van der Waals surface area contributed by atoms with Gasteiger partial charge < -0.3 is 10.1 Å². The molecule has 0 saturated carbocycles. The minimum absolute atomic E-state index is 0.0361. The van der Waals surface area contributed by atoms with Gasteiger partial charge >= 0.3 is 6.09 Å². The smallest absolute Gasteiger partial charge is 0.408 e. The number of hydrogen-bond donors (Lipinski definition) is 1. The molecular formula is C12H14N2O2. The summed E-state index contributed by atoms with van der Waals surface area (Å²) in [4.78, 5) is 11.1. The van der Waals surface area contributed by atoms with Crippen LogP contribution in [0, 0.1) is 25.2 Å². The highest BCUT2D eigenvalue weighted by atomic mass is 16.5. The molecule has 0 atom stereocenters. The van der Waals surface area contributed by atoms with Crippen LogP contribution < -0.4 is 5.32 Å². The van der Waals surface area contributed by atoms with Gasteiger partial charge in [-0.15, -0.1) is 0 Å². The van der Waals surface area contributed by atoms with E-state index in [-0.39, 0.29) is 13.2 Å². The zero-order chi connectivity index (χ0) is 12.0. The molecule has 0 spiro atoms. The van der Waals surface area contributed by atoms with Gasteiger partial charge in [-0.1, -0.05) is 23.8 Å². The molecule has 1 N–H and O–H groups in total. The monoisotopic (exact) mass is 218 g/mol. The Bertz CT molecular complexity index is 422. The minimum atomic E-state index is -0.567. The fourth-order valence-corrected chi connectivity index (χ4v) is 1.26. The van der Waals surface area contributed by atoms with Crippen molar-refractivity contribution in [2.75, 3.05) is 6.54 Å². The van der Waals surface area contributed by atoms with Crippen LogP contribution in [0.4, 0.5) is 4.79 Å². The maximum atomic E-state index is 11.1. The number of carbonyl (C=O) groups excluding carboxylic acids is 1. The lowest BCUT2D eigenvalue weighted by molar-refractivity contribution is 0.140. The quantitative estimate of drug-likeness (QED) is 0.790. The summed E-state index contributed by atoms with van der Waals surface area (Å²) < 4.78 is 4.96. The van der Waals surface area contributed by atoms with Crippen LogP contribution in [0.5, 0.6) is 0 Å². The maximum Gasteiger partial charge on any atom is 0.408 e. The van der Waals surface area contributed by atoms with Gasteiger partial charge in [0, 0.05) is 0 Å². The van der Waals surface area contributed by atoms with Crippen molar-refractivity contribution >= 4 is 6.09 Å². The molecule has 0 unspecified atom stereocenters. The Hall–Kier alpha value is -2.02. The summed E-state index contributed by atoms with van der Waals surface area (Å²) in [6.07, 6.45) is -0.567. The van der Waals surface area contributed by atoms with E-state index in [2.05, 4.69) is 5.32 Å². The standard InChI is InChI=1S/C12H14N2O2/c1-9-3-4-10(2)11(7-9)8-16-12(15)14-6-5-13/h3-4,7H,6,8H2,1-2H3,(H,14,15). The molecular weight excluding hydrogens is 204 g/mol. The molecule has 0 aliphatic heterocycles. The molecule has 0 bridgehead atoms. The number of amides is 1. The summed E-state index contributed by atoms with van der Waals surface area (Å²) >= 11 is 0. The second-order valence-electron chi connectivity index (χ2n) is 3.52. The van der Waals surface area contributed by atoms with Crippen LogP contribution in [0.25, 0.3) is 0 Å². The highest BCUT2D eigenvalue weighted by Crippen LogP contribution is 2.11. The number of benzene rings is 1. The first-order chi connectivity index (χ1) is 7.63. The largest absolute Gasteiger partial charge is 0.445 e. The molecule has 1 rings (SSSR count). The average Bonchev–Trinajstić information content (AvgIpc) is 2.27. The van der Waals surface area contributed by atoms with Crippen LogP contribution in [0.15, 0.2) is 18.2 Å². The van der Waals surface area contributed by atoms with E-state index in [0.717, 1.165) is 16.7 Å². The van der Waals surface area contributed by atoms with Crippen molar-refractivity contribution in [2.24, 2.45) is 0 Å². The van der Waals surface area contributed by atoms with Crippen LogP contribution in [-0.4, -0.2) is 12.6 Å². The van der Waals surface area contributed by atoms with Crippen LogP contribution in [0.3, 0.4) is 0 Å². The molecule has 0 fully saturated rings. The SMILES string of the molecule is Cc1ccc(C)c(COC(=O)NCC#N)c1. The number of nitriles is 1. The van der Waals surface area contributed by atoms with Crippen LogP contribution in [0.2, 0.25) is 0 Å². The maximum absolute atomic E-state index is 11.1. The Morgan fingerprint density at radius 3 is 2.94 bits per heavy atom. The zero-order valence-corrected chi connectivity index (χ0v) is 9.41. The van der Waals surface area contributed by atoms with Crippen molar-refractivity contribution in [3.63, 3.8) is 0 Å². The van der Waals surface area contributed by atoms with Crippen molar-refractivity contribution in [3.05, 3.63) is 34.9 Å². The fourth-order valence-electron chi connectivity index (χ4n) is 1.26. The van der Waals surface area contributed by atoms with Gasteiger partial charge in [-0.3, -0.25) is 0 Å². The van der Waals surface area contributed by atoms with Crippen molar-refractivity contribution in [2.45, 2.75) is 20.5 Å². The first-order valence-electron chi connectivity index (χ1n) is 4.97. The molecule has 1 amide bonds. The van der Waals surface area contributed by atoms with Gasteiger partial charge in [0.1, 0.15) is 13.2 Å². The molecule has 4 nitrogen and oxygen atoms in total. The molecule has 1 aromatic rings. The average molecular weight is 218 g/mol. The molecule has 0 radical (unpaired) electrons. The second-order valence-corrected chi connectivity index (χ2v) is 3.52. The molecule has 0 saturated heterocycles. The van der Waals surface area contributed by atoms with Crippen molar-refractivity contribution in [3.8, 4) is 6.07 Å². The Balaban J connectivity index is 2.51. The third-order valence-corrected chi connectivity index (χ3v) is 2.18. The summed E-state index contributed by atoms with van der Waals surface area (Å²) in [7, 11) is 0. The van der Waals surface area contributed by atoms with E-state index in [9.17, 15) is 4.79 Å². The molecule has 0 heterocycles. The van der Waals surface area contributed by atoms with Crippen molar-refractivity contribution in [1.29, 1.82) is 5.26 Å². The third kappa shape index (κ3) is 3.62. The summed E-state index contributed by atoms with van der Waals surface area (Å²) in [6, 6.07) is 7.78. The van der Waals surface area contributed by atoms with E-state index in [1.54, 1.807) is 6.07 Å². The van der Waals surface area contributed by atoms with E-state index in [1.165, 1.54) is 0 Å². The van der Waals surface area contributed by atoms with E-state index in [4.69, 9.17) is 10.00 Å². The van der Waals surface area contributed by atoms with Gasteiger partial charge in [-0.25, -0.2) is 4.79 Å². The van der Waals surface area contributed by atoms with Gasteiger partial charge in [-0.05, 0) is 25.0 Å². The topological polar surface area (TPSA) is 62.1 Å². The predicted molar refractivity (Wildman–Crippen MR) is 59.7 cm³/mol. The first kappa shape index (κ1) is 12.1. The van der Waals surface area contributed by atoms with Crippen LogP contribution in [-0.2, 0) is 11.3 Å². The number of hydrogen-bond acceptors (Lipinski definition) is 3. The number of nitrogens with zero attached hydrogens (tertiary/aromatic N) is 1. The molecule has 4 heteroatoms. The zero-order valence-electron chi connectivity index (χ0n) is 9.41. The van der Waals surface area contributed by atoms with Crippen molar-refractivity contribution in [1.82, 2.24) is 5.32 Å². The van der Waals surface area contributed by atoms with Gasteiger partial charge in [0.15, 0.2) is 0 Å². The van der Waals surface area contributed by atoms with Gasteiger partial charge in [0.05, 0.1) is 6.07 Å². The van der Waals surface area contributed by atoms with Gasteiger partial charge in [0.2, 0.25) is 0 Å². The minimum Gasteiger partial charge on any atom is -0.445 e. The van der Waals surface area contributed by atoms with Gasteiger partial charge in [-0.2, -0.15) is 5.26 Å². The lowest BCUT2D eigenvalue weighted by Gasteiger charge is -2.08.